The summed E-state index contributed by atoms with van der Waals surface area (Å²) in [6.07, 6.45) is 1.59. The van der Waals surface area contributed by atoms with Gasteiger partial charge in [0.05, 0.1) is 17.4 Å². The highest BCUT2D eigenvalue weighted by Crippen LogP contribution is 2.29. The molecule has 0 aliphatic carbocycles. The van der Waals surface area contributed by atoms with Crippen LogP contribution in [0.3, 0.4) is 0 Å². The summed E-state index contributed by atoms with van der Waals surface area (Å²) in [6.45, 7) is 3.77. The monoisotopic (exact) mass is 390 g/mol. The number of rotatable bonds is 6. The minimum Gasteiger partial charge on any atom is -0.438 e. The fraction of sp³-hybridized carbons (Fsp3) is 0.143. The summed E-state index contributed by atoms with van der Waals surface area (Å²) < 4.78 is 5.91. The Hall–Kier alpha value is -3.37. The molecule has 3 rings (SSSR count). The number of aryl methyl sites for hydroxylation is 2. The van der Waals surface area contributed by atoms with Gasteiger partial charge in [-0.1, -0.05) is 30.0 Å². The molecule has 0 radical (unpaired) electrons. The zero-order valence-corrected chi connectivity index (χ0v) is 16.3. The summed E-state index contributed by atoms with van der Waals surface area (Å²) in [5, 5.41) is 12.3. The van der Waals surface area contributed by atoms with Gasteiger partial charge in [0.2, 0.25) is 11.8 Å². The average molecular weight is 390 g/mol. The lowest BCUT2D eigenvalue weighted by Crippen LogP contribution is -2.14. The van der Waals surface area contributed by atoms with Crippen LogP contribution in [-0.4, -0.2) is 21.6 Å². The molecule has 2 aromatic carbocycles. The van der Waals surface area contributed by atoms with Crippen LogP contribution in [0.1, 0.15) is 16.7 Å². The second kappa shape index (κ2) is 9.02. The highest BCUT2D eigenvalue weighted by molar-refractivity contribution is 7.99. The number of nitriles is 1. The summed E-state index contributed by atoms with van der Waals surface area (Å²) in [5.41, 5.74) is 3.04. The Labute approximate surface area is 167 Å². The Balaban J connectivity index is 1.65. The normalized spacial score (nSPS) is 10.2. The third-order valence-electron chi connectivity index (χ3n) is 3.79. The van der Waals surface area contributed by atoms with Crippen LogP contribution < -0.4 is 10.1 Å². The van der Waals surface area contributed by atoms with E-state index in [0.717, 1.165) is 16.8 Å². The molecule has 0 aliphatic rings. The quantitative estimate of drug-likeness (QED) is 0.493. The van der Waals surface area contributed by atoms with Gasteiger partial charge in [0.1, 0.15) is 5.75 Å². The fourth-order valence-corrected chi connectivity index (χ4v) is 3.20. The predicted molar refractivity (Wildman–Crippen MR) is 109 cm³/mol. The van der Waals surface area contributed by atoms with Crippen LogP contribution in [0.4, 0.5) is 5.69 Å². The first-order valence-electron chi connectivity index (χ1n) is 8.55. The van der Waals surface area contributed by atoms with Crippen LogP contribution in [0.15, 0.2) is 59.9 Å². The first kappa shape index (κ1) is 19.4. The maximum absolute atomic E-state index is 12.1. The van der Waals surface area contributed by atoms with E-state index in [2.05, 4.69) is 21.4 Å². The molecule has 0 saturated heterocycles. The Morgan fingerprint density at radius 2 is 1.89 bits per heavy atom. The summed E-state index contributed by atoms with van der Waals surface area (Å²) in [6, 6.07) is 16.6. The predicted octanol–water partition coefficient (Wildman–Crippen LogP) is 4.49. The molecule has 1 aromatic heterocycles. The lowest BCUT2D eigenvalue weighted by atomic mass is 10.1. The van der Waals surface area contributed by atoms with Gasteiger partial charge >= 0.3 is 0 Å². The molecule has 0 spiro atoms. The number of carbonyl (C=O) groups is 1. The van der Waals surface area contributed by atoms with E-state index in [1.807, 2.05) is 44.2 Å². The molecule has 0 aliphatic heterocycles. The third kappa shape index (κ3) is 5.09. The van der Waals surface area contributed by atoms with Crippen molar-refractivity contribution in [2.24, 2.45) is 0 Å². The maximum Gasteiger partial charge on any atom is 0.234 e. The lowest BCUT2D eigenvalue weighted by molar-refractivity contribution is -0.113. The smallest absolute Gasteiger partial charge is 0.234 e. The molecule has 1 N–H and O–H groups in total. The van der Waals surface area contributed by atoms with E-state index in [-0.39, 0.29) is 11.7 Å². The van der Waals surface area contributed by atoms with Crippen molar-refractivity contribution in [2.45, 2.75) is 19.0 Å². The van der Waals surface area contributed by atoms with Gasteiger partial charge in [-0.05, 0) is 49.2 Å². The number of hydrogen-bond acceptors (Lipinski definition) is 6. The van der Waals surface area contributed by atoms with Crippen molar-refractivity contribution in [1.82, 2.24) is 9.97 Å². The van der Waals surface area contributed by atoms with Gasteiger partial charge in [0.15, 0.2) is 5.16 Å². The maximum atomic E-state index is 12.1. The number of nitrogens with one attached hydrogen (secondary N) is 1. The molecule has 1 heterocycles. The van der Waals surface area contributed by atoms with E-state index in [1.54, 1.807) is 24.4 Å². The molecule has 28 heavy (non-hydrogen) atoms. The number of hydrogen-bond donors (Lipinski definition) is 1. The molecular formula is C21H18N4O2S. The van der Waals surface area contributed by atoms with E-state index in [1.165, 1.54) is 11.8 Å². The van der Waals surface area contributed by atoms with Crippen LogP contribution in [0.25, 0.3) is 0 Å². The first-order valence-corrected chi connectivity index (χ1v) is 9.53. The second-order valence-corrected chi connectivity index (χ2v) is 6.98. The Kier molecular flexibility index (Phi) is 6.25. The van der Waals surface area contributed by atoms with Crippen LogP contribution in [0, 0.1) is 25.2 Å². The number of thioether (sulfide) groups is 1. The molecule has 140 valence electrons. The number of amides is 1. The van der Waals surface area contributed by atoms with Crippen molar-refractivity contribution in [1.29, 1.82) is 5.26 Å². The van der Waals surface area contributed by atoms with Crippen molar-refractivity contribution >= 4 is 23.4 Å². The minimum atomic E-state index is -0.134. The van der Waals surface area contributed by atoms with Crippen molar-refractivity contribution in [2.75, 3.05) is 11.1 Å². The Morgan fingerprint density at radius 1 is 1.18 bits per heavy atom. The third-order valence-corrected chi connectivity index (χ3v) is 4.66. The Morgan fingerprint density at radius 3 is 2.57 bits per heavy atom. The zero-order chi connectivity index (χ0) is 19.9. The zero-order valence-electron chi connectivity index (χ0n) is 15.5. The van der Waals surface area contributed by atoms with Crippen molar-refractivity contribution in [3.63, 3.8) is 0 Å². The molecule has 1 amide bonds. The van der Waals surface area contributed by atoms with E-state index < -0.39 is 0 Å². The topological polar surface area (TPSA) is 87.9 Å². The largest absolute Gasteiger partial charge is 0.438 e. The average Bonchev–Trinajstić information content (AvgIpc) is 2.70. The van der Waals surface area contributed by atoms with Crippen molar-refractivity contribution < 1.29 is 9.53 Å². The SMILES string of the molecule is Cc1cc(C#N)cc(C)c1Oc1ccnc(SCC(=O)Nc2ccccc2)n1. The van der Waals surface area contributed by atoms with Gasteiger partial charge in [0, 0.05) is 18.0 Å². The molecule has 0 saturated carbocycles. The lowest BCUT2D eigenvalue weighted by Gasteiger charge is -2.12. The molecule has 6 nitrogen and oxygen atoms in total. The number of carbonyl (C=O) groups excluding carboxylic acids is 1. The molecule has 0 unspecified atom stereocenters. The summed E-state index contributed by atoms with van der Waals surface area (Å²) in [4.78, 5) is 20.6. The van der Waals surface area contributed by atoms with Crippen LogP contribution in [-0.2, 0) is 4.79 Å². The summed E-state index contributed by atoms with van der Waals surface area (Å²) in [5.74, 6) is 1.10. The molecule has 0 bridgehead atoms. The minimum absolute atomic E-state index is 0.134. The Bertz CT molecular complexity index is 1010. The van der Waals surface area contributed by atoms with Gasteiger partial charge in [0.25, 0.3) is 0 Å². The first-order chi connectivity index (χ1) is 13.5. The number of anilines is 1. The molecule has 0 atom stereocenters. The van der Waals surface area contributed by atoms with Crippen molar-refractivity contribution in [3.05, 3.63) is 71.4 Å². The molecule has 3 aromatic rings. The molecule has 0 fully saturated rings. The molecular weight excluding hydrogens is 372 g/mol. The van der Waals surface area contributed by atoms with Gasteiger partial charge in [-0.2, -0.15) is 10.2 Å². The van der Waals surface area contributed by atoms with E-state index >= 15 is 0 Å². The molecule has 7 heteroatoms. The summed E-state index contributed by atoms with van der Waals surface area (Å²) in [7, 11) is 0. The number of ether oxygens (including phenoxy) is 1. The summed E-state index contributed by atoms with van der Waals surface area (Å²) >= 11 is 1.23. The number of nitrogens with zero attached hydrogens (tertiary/aromatic N) is 3. The van der Waals surface area contributed by atoms with E-state index in [9.17, 15) is 4.79 Å². The van der Waals surface area contributed by atoms with Crippen LogP contribution in [0.5, 0.6) is 11.6 Å². The van der Waals surface area contributed by atoms with Crippen LogP contribution in [0.2, 0.25) is 0 Å². The highest BCUT2D eigenvalue weighted by atomic mass is 32.2. The fourth-order valence-electron chi connectivity index (χ4n) is 2.58. The number of benzene rings is 2. The standard InChI is InChI=1S/C21H18N4O2S/c1-14-10-16(12-22)11-15(2)20(14)27-19-8-9-23-21(25-19)28-13-18(26)24-17-6-4-3-5-7-17/h3-11H,13H2,1-2H3,(H,24,26). The van der Waals surface area contributed by atoms with E-state index in [0.29, 0.717) is 22.3 Å². The van der Waals surface area contributed by atoms with Gasteiger partial charge in [-0.15, -0.1) is 0 Å². The van der Waals surface area contributed by atoms with Gasteiger partial charge in [-0.3, -0.25) is 4.79 Å². The van der Waals surface area contributed by atoms with Crippen molar-refractivity contribution in [3.8, 4) is 17.7 Å². The van der Waals surface area contributed by atoms with Crippen LogP contribution >= 0.6 is 11.8 Å². The van der Waals surface area contributed by atoms with Gasteiger partial charge in [-0.25, -0.2) is 4.98 Å². The van der Waals surface area contributed by atoms with E-state index in [4.69, 9.17) is 10.00 Å². The second-order valence-electron chi connectivity index (χ2n) is 6.03. The van der Waals surface area contributed by atoms with Gasteiger partial charge < -0.3 is 10.1 Å². The highest BCUT2D eigenvalue weighted by Gasteiger charge is 2.11. The number of aromatic nitrogens is 2. The number of para-hydroxylation sites is 1.